The lowest BCUT2D eigenvalue weighted by atomic mass is 9.52. The number of rotatable bonds is 6. The SMILES string of the molecule is CCOP(=O)(CC1C2CC3CC(C2)CC1C3)OCC. The van der Waals surface area contributed by atoms with Gasteiger partial charge in [-0.25, -0.2) is 0 Å². The fourth-order valence-electron chi connectivity index (χ4n) is 5.13. The van der Waals surface area contributed by atoms with Crippen LogP contribution in [0.5, 0.6) is 0 Å². The van der Waals surface area contributed by atoms with Crippen molar-refractivity contribution in [2.45, 2.75) is 46.0 Å². The minimum Gasteiger partial charge on any atom is -0.309 e. The minimum absolute atomic E-state index is 0.491. The van der Waals surface area contributed by atoms with E-state index in [1.54, 1.807) is 0 Å². The molecule has 3 nitrogen and oxygen atoms in total. The Balaban J connectivity index is 1.70. The first-order chi connectivity index (χ1) is 9.13. The van der Waals surface area contributed by atoms with Crippen LogP contribution in [0.15, 0.2) is 0 Å². The Morgan fingerprint density at radius 3 is 1.79 bits per heavy atom. The Morgan fingerprint density at radius 2 is 1.37 bits per heavy atom. The molecule has 0 radical (unpaired) electrons. The maximum atomic E-state index is 12.8. The zero-order chi connectivity index (χ0) is 13.5. The summed E-state index contributed by atoms with van der Waals surface area (Å²) in [5, 5.41) is 0. The summed E-state index contributed by atoms with van der Waals surface area (Å²) >= 11 is 0. The summed E-state index contributed by atoms with van der Waals surface area (Å²) in [5.41, 5.74) is 0. The Labute approximate surface area is 117 Å². The van der Waals surface area contributed by atoms with E-state index in [1.807, 2.05) is 13.8 Å². The molecule has 0 aromatic carbocycles. The van der Waals surface area contributed by atoms with Crippen LogP contribution in [0.1, 0.15) is 46.0 Å². The van der Waals surface area contributed by atoms with Crippen molar-refractivity contribution in [3.63, 3.8) is 0 Å². The van der Waals surface area contributed by atoms with Crippen molar-refractivity contribution in [2.24, 2.45) is 29.6 Å². The summed E-state index contributed by atoms with van der Waals surface area (Å²) in [6.45, 7) is 4.79. The molecular formula is C15H27O3P. The van der Waals surface area contributed by atoms with Gasteiger partial charge >= 0.3 is 7.60 Å². The van der Waals surface area contributed by atoms with E-state index in [1.165, 1.54) is 32.1 Å². The third kappa shape index (κ3) is 2.80. The summed E-state index contributed by atoms with van der Waals surface area (Å²) in [7, 11) is -2.85. The standard InChI is InChI=1S/C15H27O3P/c1-3-17-19(16,18-4-2)10-15-13-6-11-5-12(8-13)9-14(15)7-11/h11-15H,3-10H2,1-2H3. The molecule has 0 aromatic rings. The molecule has 0 aromatic heterocycles. The minimum atomic E-state index is -2.85. The molecule has 0 amide bonds. The largest absolute Gasteiger partial charge is 0.330 e. The van der Waals surface area contributed by atoms with Crippen molar-refractivity contribution in [1.29, 1.82) is 0 Å². The normalized spacial score (nSPS) is 40.8. The summed E-state index contributed by atoms with van der Waals surface area (Å²) in [6, 6.07) is 0. The Kier molecular flexibility index (Phi) is 4.08. The highest BCUT2D eigenvalue weighted by Crippen LogP contribution is 2.61. The van der Waals surface area contributed by atoms with Gasteiger partial charge in [-0.1, -0.05) is 0 Å². The molecule has 0 spiro atoms. The van der Waals surface area contributed by atoms with E-state index in [0.29, 0.717) is 25.3 Å². The molecule has 4 fully saturated rings. The molecule has 19 heavy (non-hydrogen) atoms. The van der Waals surface area contributed by atoms with E-state index in [9.17, 15) is 4.57 Å². The molecule has 4 saturated carbocycles. The summed E-state index contributed by atoms with van der Waals surface area (Å²) in [5.74, 6) is 4.13. The first kappa shape index (κ1) is 14.1. The van der Waals surface area contributed by atoms with Crippen molar-refractivity contribution >= 4 is 7.60 Å². The zero-order valence-electron chi connectivity index (χ0n) is 12.2. The molecule has 4 rings (SSSR count). The van der Waals surface area contributed by atoms with Crippen molar-refractivity contribution in [3.05, 3.63) is 0 Å². The summed E-state index contributed by atoms with van der Waals surface area (Å²) < 4.78 is 23.8. The van der Waals surface area contributed by atoms with Gasteiger partial charge in [0.05, 0.1) is 19.4 Å². The van der Waals surface area contributed by atoms with Crippen LogP contribution >= 0.6 is 7.60 Å². The zero-order valence-corrected chi connectivity index (χ0v) is 13.1. The van der Waals surface area contributed by atoms with E-state index in [2.05, 4.69) is 0 Å². The van der Waals surface area contributed by atoms with Crippen molar-refractivity contribution < 1.29 is 13.6 Å². The van der Waals surface area contributed by atoms with Crippen LogP contribution in [0, 0.1) is 29.6 Å². The molecule has 0 N–H and O–H groups in total. The molecule has 0 saturated heterocycles. The van der Waals surface area contributed by atoms with Gasteiger partial charge in [0.2, 0.25) is 0 Å². The average Bonchev–Trinajstić information content (AvgIpc) is 2.33. The highest BCUT2D eigenvalue weighted by Gasteiger charge is 2.50. The first-order valence-electron chi connectivity index (χ1n) is 8.01. The van der Waals surface area contributed by atoms with Crippen LogP contribution in [0.2, 0.25) is 0 Å². The predicted octanol–water partition coefficient (Wildman–Crippen LogP) is 4.32. The van der Waals surface area contributed by atoms with Crippen LogP contribution in [-0.2, 0) is 13.6 Å². The van der Waals surface area contributed by atoms with E-state index in [-0.39, 0.29) is 0 Å². The van der Waals surface area contributed by atoms with E-state index in [0.717, 1.165) is 23.7 Å². The van der Waals surface area contributed by atoms with Crippen molar-refractivity contribution in [3.8, 4) is 0 Å². The molecule has 0 heterocycles. The first-order valence-corrected chi connectivity index (χ1v) is 9.74. The van der Waals surface area contributed by atoms with Crippen LogP contribution in [0.4, 0.5) is 0 Å². The Bertz CT molecular complexity index is 330. The second-order valence-corrected chi connectivity index (χ2v) is 8.83. The fourth-order valence-corrected chi connectivity index (χ4v) is 7.32. The second kappa shape index (κ2) is 5.50. The Hall–Kier alpha value is 0.150. The second-order valence-electron chi connectivity index (χ2n) is 6.72. The molecule has 0 aliphatic heterocycles. The van der Waals surface area contributed by atoms with E-state index >= 15 is 0 Å². The quantitative estimate of drug-likeness (QED) is 0.682. The molecule has 4 heteroatoms. The molecule has 0 atom stereocenters. The monoisotopic (exact) mass is 286 g/mol. The number of hydrogen-bond donors (Lipinski definition) is 0. The van der Waals surface area contributed by atoms with Crippen LogP contribution < -0.4 is 0 Å². The molecule has 4 bridgehead atoms. The Morgan fingerprint density at radius 1 is 0.895 bits per heavy atom. The van der Waals surface area contributed by atoms with Gasteiger partial charge < -0.3 is 9.05 Å². The molecule has 4 aliphatic carbocycles. The van der Waals surface area contributed by atoms with Crippen LogP contribution in [0.25, 0.3) is 0 Å². The van der Waals surface area contributed by atoms with Gasteiger partial charge in [0, 0.05) is 0 Å². The van der Waals surface area contributed by atoms with Crippen molar-refractivity contribution in [2.75, 3.05) is 19.4 Å². The topological polar surface area (TPSA) is 35.5 Å². The lowest BCUT2D eigenvalue weighted by molar-refractivity contribution is -0.0291. The lowest BCUT2D eigenvalue weighted by Gasteiger charge is -2.54. The maximum absolute atomic E-state index is 12.8. The van der Waals surface area contributed by atoms with Gasteiger partial charge in [-0.05, 0) is 75.5 Å². The van der Waals surface area contributed by atoms with Crippen LogP contribution in [-0.4, -0.2) is 19.4 Å². The molecule has 110 valence electrons. The van der Waals surface area contributed by atoms with E-state index in [4.69, 9.17) is 9.05 Å². The van der Waals surface area contributed by atoms with Crippen LogP contribution in [0.3, 0.4) is 0 Å². The van der Waals surface area contributed by atoms with Gasteiger partial charge in [-0.2, -0.15) is 0 Å². The van der Waals surface area contributed by atoms with Gasteiger partial charge in [0.25, 0.3) is 0 Å². The molecule has 4 aliphatic rings. The predicted molar refractivity (Wildman–Crippen MR) is 76.3 cm³/mol. The van der Waals surface area contributed by atoms with Gasteiger partial charge in [0.15, 0.2) is 0 Å². The van der Waals surface area contributed by atoms with E-state index < -0.39 is 7.60 Å². The van der Waals surface area contributed by atoms with Crippen molar-refractivity contribution in [1.82, 2.24) is 0 Å². The third-order valence-corrected chi connectivity index (χ3v) is 7.68. The van der Waals surface area contributed by atoms with Gasteiger partial charge in [-0.3, -0.25) is 4.57 Å². The average molecular weight is 286 g/mol. The van der Waals surface area contributed by atoms with Gasteiger partial charge in [-0.15, -0.1) is 0 Å². The number of hydrogen-bond acceptors (Lipinski definition) is 3. The third-order valence-electron chi connectivity index (χ3n) is 5.51. The highest BCUT2D eigenvalue weighted by molar-refractivity contribution is 7.53. The molecule has 0 unspecified atom stereocenters. The summed E-state index contributed by atoms with van der Waals surface area (Å²) in [4.78, 5) is 0. The smallest absolute Gasteiger partial charge is 0.309 e. The van der Waals surface area contributed by atoms with Gasteiger partial charge in [0.1, 0.15) is 0 Å². The summed E-state index contributed by atoms with van der Waals surface area (Å²) in [6.07, 6.45) is 7.62. The highest BCUT2D eigenvalue weighted by atomic mass is 31.2. The maximum Gasteiger partial charge on any atom is 0.330 e. The molecular weight excluding hydrogens is 259 g/mol. The fraction of sp³-hybridized carbons (Fsp3) is 1.00. The lowest BCUT2D eigenvalue weighted by Crippen LogP contribution is -2.46.